The molecule has 0 saturated carbocycles. The molecule has 0 amide bonds. The van der Waals surface area contributed by atoms with Crippen LogP contribution in [-0.2, 0) is 6.42 Å². The molecule has 3 N–H and O–H groups in total. The van der Waals surface area contributed by atoms with Crippen LogP contribution in [0.5, 0.6) is 5.75 Å². The predicted molar refractivity (Wildman–Crippen MR) is 71.9 cm³/mol. The highest BCUT2D eigenvalue weighted by Gasteiger charge is 2.07. The molecule has 1 rings (SSSR count). The zero-order valence-corrected chi connectivity index (χ0v) is 10.7. The summed E-state index contributed by atoms with van der Waals surface area (Å²) in [5.74, 6) is 6.44. The topological polar surface area (TPSA) is 47.3 Å². The molecule has 94 valence electrons. The standard InChI is InChI=1S/C14H22N2O/c1-11(2)4-7-13(16-15)10-12-5-8-14(17-3)9-6-12/h5-6,8-9,13,16H,1,4,7,10,15H2,2-3H3. The van der Waals surface area contributed by atoms with E-state index in [1.807, 2.05) is 19.1 Å². The van der Waals surface area contributed by atoms with E-state index in [1.165, 1.54) is 11.1 Å². The van der Waals surface area contributed by atoms with Crippen LogP contribution in [0.4, 0.5) is 0 Å². The van der Waals surface area contributed by atoms with Crippen molar-refractivity contribution in [2.24, 2.45) is 5.84 Å². The van der Waals surface area contributed by atoms with Crippen molar-refractivity contribution < 1.29 is 4.74 Å². The number of nitrogens with two attached hydrogens (primary N) is 1. The van der Waals surface area contributed by atoms with Gasteiger partial charge in [-0.3, -0.25) is 11.3 Å². The summed E-state index contributed by atoms with van der Waals surface area (Å²) in [4.78, 5) is 0. The Kier molecular flexibility index (Phi) is 5.73. The maximum absolute atomic E-state index is 5.56. The normalized spacial score (nSPS) is 12.2. The summed E-state index contributed by atoms with van der Waals surface area (Å²) in [6.07, 6.45) is 2.94. The maximum Gasteiger partial charge on any atom is 0.118 e. The minimum absolute atomic E-state index is 0.292. The van der Waals surface area contributed by atoms with Crippen molar-refractivity contribution in [3.8, 4) is 5.75 Å². The summed E-state index contributed by atoms with van der Waals surface area (Å²) in [6, 6.07) is 8.39. The smallest absolute Gasteiger partial charge is 0.118 e. The molecule has 0 aliphatic heterocycles. The van der Waals surface area contributed by atoms with Crippen molar-refractivity contribution in [1.82, 2.24) is 5.43 Å². The van der Waals surface area contributed by atoms with E-state index >= 15 is 0 Å². The van der Waals surface area contributed by atoms with Crippen molar-refractivity contribution in [1.29, 1.82) is 0 Å². The highest BCUT2D eigenvalue weighted by molar-refractivity contribution is 5.27. The van der Waals surface area contributed by atoms with Gasteiger partial charge in [-0.15, -0.1) is 6.58 Å². The number of methoxy groups -OCH3 is 1. The van der Waals surface area contributed by atoms with Crippen molar-refractivity contribution in [3.05, 3.63) is 42.0 Å². The molecule has 17 heavy (non-hydrogen) atoms. The number of hydrazine groups is 1. The van der Waals surface area contributed by atoms with Crippen LogP contribution < -0.4 is 16.0 Å². The molecule has 0 heterocycles. The van der Waals surface area contributed by atoms with Crippen LogP contribution in [-0.4, -0.2) is 13.2 Å². The fourth-order valence-electron chi connectivity index (χ4n) is 1.71. The van der Waals surface area contributed by atoms with Gasteiger partial charge in [-0.2, -0.15) is 0 Å². The molecule has 0 fully saturated rings. The summed E-state index contributed by atoms with van der Waals surface area (Å²) in [5, 5.41) is 0. The molecule has 3 nitrogen and oxygen atoms in total. The molecular weight excluding hydrogens is 212 g/mol. The van der Waals surface area contributed by atoms with Gasteiger partial charge < -0.3 is 4.74 Å². The number of benzene rings is 1. The molecule has 1 unspecified atom stereocenters. The molecule has 1 aromatic rings. The SMILES string of the molecule is C=C(C)CCC(Cc1ccc(OC)cc1)NN. The average Bonchev–Trinajstić information content (AvgIpc) is 2.35. The zero-order chi connectivity index (χ0) is 12.7. The number of rotatable bonds is 7. The fraction of sp³-hybridized carbons (Fsp3) is 0.429. The van der Waals surface area contributed by atoms with Crippen molar-refractivity contribution in [3.63, 3.8) is 0 Å². The van der Waals surface area contributed by atoms with Crippen molar-refractivity contribution in [2.75, 3.05) is 7.11 Å². The quantitative estimate of drug-likeness (QED) is 0.433. The van der Waals surface area contributed by atoms with Crippen LogP contribution in [0.25, 0.3) is 0 Å². The predicted octanol–water partition coefficient (Wildman–Crippen LogP) is 2.43. The highest BCUT2D eigenvalue weighted by Crippen LogP contribution is 2.14. The molecule has 0 spiro atoms. The lowest BCUT2D eigenvalue weighted by Gasteiger charge is -2.16. The molecule has 0 radical (unpaired) electrons. The second kappa shape index (κ2) is 7.09. The van der Waals surface area contributed by atoms with Gasteiger partial charge in [0, 0.05) is 6.04 Å². The number of hydrogen-bond donors (Lipinski definition) is 2. The molecule has 0 saturated heterocycles. The summed E-state index contributed by atoms with van der Waals surface area (Å²) >= 11 is 0. The minimum Gasteiger partial charge on any atom is -0.497 e. The van der Waals surface area contributed by atoms with Gasteiger partial charge in [-0.25, -0.2) is 0 Å². The van der Waals surface area contributed by atoms with Crippen molar-refractivity contribution in [2.45, 2.75) is 32.2 Å². The van der Waals surface area contributed by atoms with Gasteiger partial charge in [0.1, 0.15) is 5.75 Å². The Morgan fingerprint density at radius 2 is 2.06 bits per heavy atom. The summed E-state index contributed by atoms with van der Waals surface area (Å²) in [7, 11) is 1.67. The fourth-order valence-corrected chi connectivity index (χ4v) is 1.71. The largest absolute Gasteiger partial charge is 0.497 e. The molecule has 0 aliphatic rings. The second-order valence-corrected chi connectivity index (χ2v) is 4.41. The first-order valence-corrected chi connectivity index (χ1v) is 5.89. The van der Waals surface area contributed by atoms with Gasteiger partial charge in [0.15, 0.2) is 0 Å². The maximum atomic E-state index is 5.56. The van der Waals surface area contributed by atoms with E-state index in [2.05, 4.69) is 24.1 Å². The third-order valence-electron chi connectivity index (χ3n) is 2.80. The Morgan fingerprint density at radius 1 is 1.41 bits per heavy atom. The van der Waals surface area contributed by atoms with Gasteiger partial charge in [0.25, 0.3) is 0 Å². The van der Waals surface area contributed by atoms with Crippen molar-refractivity contribution >= 4 is 0 Å². The number of ether oxygens (including phenoxy) is 1. The molecular formula is C14H22N2O. The lowest BCUT2D eigenvalue weighted by Crippen LogP contribution is -2.36. The molecule has 3 heteroatoms. The van der Waals surface area contributed by atoms with Gasteiger partial charge in [0.05, 0.1) is 7.11 Å². The van der Waals surface area contributed by atoms with E-state index in [-0.39, 0.29) is 0 Å². The molecule has 0 aromatic heterocycles. The Labute approximate surface area is 104 Å². The third-order valence-corrected chi connectivity index (χ3v) is 2.80. The lowest BCUT2D eigenvalue weighted by atomic mass is 10.0. The lowest BCUT2D eigenvalue weighted by molar-refractivity contribution is 0.414. The van der Waals surface area contributed by atoms with Crippen LogP contribution in [0.2, 0.25) is 0 Å². The highest BCUT2D eigenvalue weighted by atomic mass is 16.5. The van der Waals surface area contributed by atoms with Gasteiger partial charge in [-0.1, -0.05) is 17.7 Å². The van der Waals surface area contributed by atoms with Crippen LogP contribution in [0, 0.1) is 0 Å². The van der Waals surface area contributed by atoms with E-state index in [0.717, 1.165) is 25.0 Å². The minimum atomic E-state index is 0.292. The summed E-state index contributed by atoms with van der Waals surface area (Å²) < 4.78 is 5.13. The van der Waals surface area contributed by atoms with Crippen LogP contribution in [0.15, 0.2) is 36.4 Å². The first-order valence-electron chi connectivity index (χ1n) is 5.89. The Bertz CT molecular complexity index is 346. The van der Waals surface area contributed by atoms with Crippen LogP contribution in [0.3, 0.4) is 0 Å². The van der Waals surface area contributed by atoms with E-state index in [4.69, 9.17) is 10.6 Å². The van der Waals surface area contributed by atoms with E-state index in [9.17, 15) is 0 Å². The average molecular weight is 234 g/mol. The zero-order valence-electron chi connectivity index (χ0n) is 10.7. The molecule has 0 bridgehead atoms. The number of hydrogen-bond acceptors (Lipinski definition) is 3. The molecule has 1 aromatic carbocycles. The summed E-state index contributed by atoms with van der Waals surface area (Å²) in [5.41, 5.74) is 5.32. The van der Waals surface area contributed by atoms with E-state index < -0.39 is 0 Å². The summed E-state index contributed by atoms with van der Waals surface area (Å²) in [6.45, 7) is 5.95. The monoisotopic (exact) mass is 234 g/mol. The molecule has 1 atom stereocenters. The first kappa shape index (κ1) is 13.7. The van der Waals surface area contributed by atoms with Crippen LogP contribution >= 0.6 is 0 Å². The number of nitrogens with one attached hydrogen (secondary N) is 1. The Hall–Kier alpha value is -1.32. The van der Waals surface area contributed by atoms with E-state index in [1.54, 1.807) is 7.11 Å². The van der Waals surface area contributed by atoms with E-state index in [0.29, 0.717) is 6.04 Å². The van der Waals surface area contributed by atoms with Gasteiger partial charge in [0.2, 0.25) is 0 Å². The number of allylic oxidation sites excluding steroid dienone is 1. The Morgan fingerprint density at radius 3 is 2.53 bits per heavy atom. The first-order chi connectivity index (χ1) is 8.15. The molecule has 0 aliphatic carbocycles. The third kappa shape index (κ3) is 5.02. The second-order valence-electron chi connectivity index (χ2n) is 4.41. The Balaban J connectivity index is 2.51. The van der Waals surface area contributed by atoms with Gasteiger partial charge >= 0.3 is 0 Å². The van der Waals surface area contributed by atoms with Gasteiger partial charge in [-0.05, 0) is 43.9 Å². The van der Waals surface area contributed by atoms with Crippen LogP contribution in [0.1, 0.15) is 25.3 Å².